The van der Waals surface area contributed by atoms with Crippen molar-refractivity contribution in [2.45, 2.75) is 0 Å². The molecule has 0 aliphatic rings. The number of nitrogens with one attached hydrogen (secondary N) is 1. The van der Waals surface area contributed by atoms with Crippen molar-refractivity contribution in [1.82, 2.24) is 4.98 Å². The Hall–Kier alpha value is -3.18. The van der Waals surface area contributed by atoms with Crippen LogP contribution in [0.25, 0.3) is 22.0 Å². The number of anilines is 1. The number of phenolic OH excluding ortho intramolecular Hbond substituents is 1. The van der Waals surface area contributed by atoms with E-state index in [0.717, 1.165) is 22.0 Å². The van der Waals surface area contributed by atoms with Gasteiger partial charge in [-0.3, -0.25) is 5.43 Å². The summed E-state index contributed by atoms with van der Waals surface area (Å²) in [5.41, 5.74) is 5.61. The number of aromatic hydroxyl groups is 1. The van der Waals surface area contributed by atoms with E-state index >= 15 is 0 Å². The highest BCUT2D eigenvalue weighted by Crippen LogP contribution is 2.26. The minimum Gasteiger partial charge on any atom is -0.507 e. The van der Waals surface area contributed by atoms with Gasteiger partial charge in [0.1, 0.15) is 5.75 Å². The van der Waals surface area contributed by atoms with Gasteiger partial charge < -0.3 is 5.11 Å². The molecule has 4 aromatic rings. The molecule has 0 aliphatic heterocycles. The SMILES string of the molecule is Oc1ccc2ccccc2c1/C=N\Nc1nc(-c2ccccc2)cs1. The Bertz CT molecular complexity index is 1040. The Labute approximate surface area is 149 Å². The highest BCUT2D eigenvalue weighted by molar-refractivity contribution is 7.14. The van der Waals surface area contributed by atoms with Crippen molar-refractivity contribution < 1.29 is 5.11 Å². The largest absolute Gasteiger partial charge is 0.507 e. The second-order valence-electron chi connectivity index (χ2n) is 5.49. The normalized spacial score (nSPS) is 11.2. The zero-order valence-corrected chi connectivity index (χ0v) is 14.1. The van der Waals surface area contributed by atoms with Crippen molar-refractivity contribution in [2.24, 2.45) is 5.10 Å². The number of hydrogen-bond donors (Lipinski definition) is 2. The molecule has 0 unspecified atom stereocenters. The van der Waals surface area contributed by atoms with Crippen molar-refractivity contribution in [3.63, 3.8) is 0 Å². The lowest BCUT2D eigenvalue weighted by atomic mass is 10.0. The summed E-state index contributed by atoms with van der Waals surface area (Å²) < 4.78 is 0. The fourth-order valence-corrected chi connectivity index (χ4v) is 3.31. The van der Waals surface area contributed by atoms with Crippen LogP contribution in [-0.2, 0) is 0 Å². The Morgan fingerprint density at radius 3 is 2.64 bits per heavy atom. The van der Waals surface area contributed by atoms with Gasteiger partial charge in [0, 0.05) is 16.5 Å². The molecule has 0 atom stereocenters. The zero-order chi connectivity index (χ0) is 17.1. The molecule has 2 N–H and O–H groups in total. The summed E-state index contributed by atoms with van der Waals surface area (Å²) >= 11 is 1.49. The summed E-state index contributed by atoms with van der Waals surface area (Å²) in [7, 11) is 0. The van der Waals surface area contributed by atoms with Crippen molar-refractivity contribution in [2.75, 3.05) is 5.43 Å². The molecule has 1 aromatic heterocycles. The average Bonchev–Trinajstić information content (AvgIpc) is 3.13. The molecule has 0 spiro atoms. The fourth-order valence-electron chi connectivity index (χ4n) is 2.64. The number of hydrazone groups is 1. The van der Waals surface area contributed by atoms with Gasteiger partial charge in [0.15, 0.2) is 0 Å². The molecule has 3 aromatic carbocycles. The van der Waals surface area contributed by atoms with Gasteiger partial charge in [-0.25, -0.2) is 4.98 Å². The molecule has 5 heteroatoms. The third-order valence-corrected chi connectivity index (χ3v) is 4.62. The number of fused-ring (bicyclic) bond motifs is 1. The lowest BCUT2D eigenvalue weighted by Crippen LogP contribution is -1.92. The van der Waals surface area contributed by atoms with E-state index in [0.29, 0.717) is 10.7 Å². The summed E-state index contributed by atoms with van der Waals surface area (Å²) in [5.74, 6) is 0.202. The minimum absolute atomic E-state index is 0.202. The molecule has 25 heavy (non-hydrogen) atoms. The molecular formula is C20H15N3OS. The molecule has 0 radical (unpaired) electrons. The Morgan fingerprint density at radius 2 is 1.76 bits per heavy atom. The van der Waals surface area contributed by atoms with Gasteiger partial charge in [-0.2, -0.15) is 5.10 Å². The van der Waals surface area contributed by atoms with Crippen LogP contribution >= 0.6 is 11.3 Å². The lowest BCUT2D eigenvalue weighted by Gasteiger charge is -2.04. The van der Waals surface area contributed by atoms with E-state index in [-0.39, 0.29) is 5.75 Å². The molecule has 0 bridgehead atoms. The predicted octanol–water partition coefficient (Wildman–Crippen LogP) is 5.11. The van der Waals surface area contributed by atoms with Crippen LogP contribution in [0.15, 0.2) is 77.2 Å². The van der Waals surface area contributed by atoms with Crippen LogP contribution in [0.5, 0.6) is 5.75 Å². The van der Waals surface area contributed by atoms with E-state index in [2.05, 4.69) is 15.5 Å². The number of hydrogen-bond acceptors (Lipinski definition) is 5. The molecule has 4 nitrogen and oxygen atoms in total. The van der Waals surface area contributed by atoms with Crippen LogP contribution in [0.4, 0.5) is 5.13 Å². The first-order valence-corrected chi connectivity index (χ1v) is 8.70. The smallest absolute Gasteiger partial charge is 0.203 e. The number of rotatable bonds is 4. The average molecular weight is 345 g/mol. The topological polar surface area (TPSA) is 57.5 Å². The molecule has 0 saturated carbocycles. The maximum Gasteiger partial charge on any atom is 0.203 e. The van der Waals surface area contributed by atoms with Crippen molar-refractivity contribution >= 4 is 33.5 Å². The number of thiazole rings is 1. The summed E-state index contributed by atoms with van der Waals surface area (Å²) in [6, 6.07) is 21.5. The predicted molar refractivity (Wildman–Crippen MR) is 104 cm³/mol. The van der Waals surface area contributed by atoms with Gasteiger partial charge in [0.25, 0.3) is 0 Å². The Morgan fingerprint density at radius 1 is 0.960 bits per heavy atom. The molecule has 4 rings (SSSR count). The van der Waals surface area contributed by atoms with E-state index in [1.54, 1.807) is 12.3 Å². The third-order valence-electron chi connectivity index (χ3n) is 3.88. The van der Waals surface area contributed by atoms with Gasteiger partial charge in [0.2, 0.25) is 5.13 Å². The molecule has 0 saturated heterocycles. The Kier molecular flexibility index (Phi) is 4.14. The van der Waals surface area contributed by atoms with Crippen LogP contribution in [0, 0.1) is 0 Å². The molecule has 1 heterocycles. The Balaban J connectivity index is 1.56. The van der Waals surface area contributed by atoms with Crippen LogP contribution in [0.2, 0.25) is 0 Å². The second kappa shape index (κ2) is 6.75. The zero-order valence-electron chi connectivity index (χ0n) is 13.3. The number of benzene rings is 3. The van der Waals surface area contributed by atoms with E-state index in [4.69, 9.17) is 0 Å². The lowest BCUT2D eigenvalue weighted by molar-refractivity contribution is 0.475. The van der Waals surface area contributed by atoms with Crippen LogP contribution in [0.3, 0.4) is 0 Å². The van der Waals surface area contributed by atoms with Gasteiger partial charge in [0.05, 0.1) is 11.9 Å². The highest BCUT2D eigenvalue weighted by Gasteiger charge is 2.05. The monoisotopic (exact) mass is 345 g/mol. The van der Waals surface area contributed by atoms with E-state index in [9.17, 15) is 5.11 Å². The number of aromatic nitrogens is 1. The fraction of sp³-hybridized carbons (Fsp3) is 0. The van der Waals surface area contributed by atoms with Crippen LogP contribution < -0.4 is 5.43 Å². The molecule has 122 valence electrons. The number of nitrogens with zero attached hydrogens (tertiary/aromatic N) is 2. The first-order chi connectivity index (χ1) is 12.3. The summed E-state index contributed by atoms with van der Waals surface area (Å²) in [6.07, 6.45) is 1.63. The van der Waals surface area contributed by atoms with E-state index in [1.165, 1.54) is 11.3 Å². The number of phenols is 1. The van der Waals surface area contributed by atoms with Gasteiger partial charge >= 0.3 is 0 Å². The first-order valence-electron chi connectivity index (χ1n) is 7.82. The van der Waals surface area contributed by atoms with Crippen LogP contribution in [0.1, 0.15) is 5.56 Å². The molecule has 0 fully saturated rings. The second-order valence-corrected chi connectivity index (χ2v) is 6.35. The molecule has 0 amide bonds. The maximum absolute atomic E-state index is 10.1. The molecule has 0 aliphatic carbocycles. The van der Waals surface area contributed by atoms with Gasteiger partial charge in [-0.05, 0) is 16.8 Å². The van der Waals surface area contributed by atoms with E-state index in [1.807, 2.05) is 66.0 Å². The van der Waals surface area contributed by atoms with Gasteiger partial charge in [-0.15, -0.1) is 11.3 Å². The van der Waals surface area contributed by atoms with Crippen molar-refractivity contribution in [3.8, 4) is 17.0 Å². The maximum atomic E-state index is 10.1. The first kappa shape index (κ1) is 15.4. The standard InChI is InChI=1S/C20H15N3OS/c24-19-11-10-14-6-4-5-9-16(14)17(19)12-21-23-20-22-18(13-25-20)15-7-2-1-3-8-15/h1-13,24H,(H,22,23)/b21-12-. The molecular weight excluding hydrogens is 330 g/mol. The highest BCUT2D eigenvalue weighted by atomic mass is 32.1. The van der Waals surface area contributed by atoms with Gasteiger partial charge in [-0.1, -0.05) is 60.7 Å². The minimum atomic E-state index is 0.202. The summed E-state index contributed by atoms with van der Waals surface area (Å²) in [6.45, 7) is 0. The van der Waals surface area contributed by atoms with Crippen molar-refractivity contribution in [3.05, 3.63) is 77.7 Å². The quantitative estimate of drug-likeness (QED) is 0.399. The third kappa shape index (κ3) is 3.22. The van der Waals surface area contributed by atoms with Crippen LogP contribution in [-0.4, -0.2) is 16.3 Å². The summed E-state index contributed by atoms with van der Waals surface area (Å²) in [4.78, 5) is 4.53. The summed E-state index contributed by atoms with van der Waals surface area (Å²) in [5, 5.41) is 19.1. The van der Waals surface area contributed by atoms with Crippen molar-refractivity contribution in [1.29, 1.82) is 0 Å². The van der Waals surface area contributed by atoms with E-state index < -0.39 is 0 Å².